The van der Waals surface area contributed by atoms with Crippen LogP contribution < -0.4 is 9.47 Å². The molecule has 1 aromatic carbocycles. The van der Waals surface area contributed by atoms with Crippen LogP contribution in [0.3, 0.4) is 0 Å². The zero-order chi connectivity index (χ0) is 14.6. The standard InChI is InChI=1S/C16H18N2O2/c1-19-14-9-12(5-8-17)13(10-15(14)20-2)16(11-18)6-3-4-7-16/h9-10H,3-7H2,1-2H3. The van der Waals surface area contributed by atoms with Gasteiger partial charge in [-0.05, 0) is 36.1 Å². The van der Waals surface area contributed by atoms with E-state index < -0.39 is 5.41 Å². The molecule has 0 atom stereocenters. The summed E-state index contributed by atoms with van der Waals surface area (Å²) in [7, 11) is 3.16. The van der Waals surface area contributed by atoms with E-state index in [1.165, 1.54) is 0 Å². The van der Waals surface area contributed by atoms with E-state index in [-0.39, 0.29) is 6.42 Å². The lowest BCUT2D eigenvalue weighted by Gasteiger charge is -2.25. The molecule has 2 rings (SSSR count). The predicted molar refractivity (Wildman–Crippen MR) is 74.6 cm³/mol. The lowest BCUT2D eigenvalue weighted by Crippen LogP contribution is -2.21. The van der Waals surface area contributed by atoms with Crippen LogP contribution in [0.25, 0.3) is 0 Å². The number of nitrogens with zero attached hydrogens (tertiary/aromatic N) is 2. The van der Waals surface area contributed by atoms with Gasteiger partial charge in [-0.2, -0.15) is 10.5 Å². The predicted octanol–water partition coefficient (Wildman–Crippen LogP) is 3.11. The molecule has 0 amide bonds. The van der Waals surface area contributed by atoms with Crippen LogP contribution in [0, 0.1) is 22.7 Å². The molecule has 0 saturated heterocycles. The van der Waals surface area contributed by atoms with Crippen molar-refractivity contribution in [3.8, 4) is 23.6 Å². The molecule has 104 valence electrons. The van der Waals surface area contributed by atoms with Gasteiger partial charge in [0.1, 0.15) is 0 Å². The molecule has 0 aliphatic heterocycles. The fourth-order valence-electron chi connectivity index (χ4n) is 3.02. The molecule has 20 heavy (non-hydrogen) atoms. The maximum absolute atomic E-state index is 9.65. The number of rotatable bonds is 4. The van der Waals surface area contributed by atoms with Crippen molar-refractivity contribution in [3.63, 3.8) is 0 Å². The number of ether oxygens (including phenoxy) is 2. The number of hydrogen-bond donors (Lipinski definition) is 0. The minimum atomic E-state index is -0.480. The van der Waals surface area contributed by atoms with Crippen LogP contribution in [0.4, 0.5) is 0 Å². The lowest BCUT2D eigenvalue weighted by atomic mass is 9.77. The van der Waals surface area contributed by atoms with Crippen LogP contribution in [-0.2, 0) is 11.8 Å². The monoisotopic (exact) mass is 270 g/mol. The number of benzene rings is 1. The maximum atomic E-state index is 9.65. The summed E-state index contributed by atoms with van der Waals surface area (Å²) >= 11 is 0. The van der Waals surface area contributed by atoms with E-state index in [4.69, 9.17) is 14.7 Å². The van der Waals surface area contributed by atoms with E-state index in [1.807, 2.05) is 12.1 Å². The molecule has 1 aromatic rings. The highest BCUT2D eigenvalue weighted by molar-refractivity contribution is 5.53. The average Bonchev–Trinajstić information content (AvgIpc) is 2.97. The first-order valence-electron chi connectivity index (χ1n) is 6.74. The molecular weight excluding hydrogens is 252 g/mol. The first kappa shape index (κ1) is 14.2. The molecule has 1 saturated carbocycles. The Morgan fingerprint density at radius 1 is 1.10 bits per heavy atom. The van der Waals surface area contributed by atoms with Gasteiger partial charge >= 0.3 is 0 Å². The van der Waals surface area contributed by atoms with E-state index in [1.54, 1.807) is 14.2 Å². The van der Waals surface area contributed by atoms with Gasteiger partial charge in [0.15, 0.2) is 11.5 Å². The summed E-state index contributed by atoms with van der Waals surface area (Å²) in [6, 6.07) is 8.35. The Labute approximate surface area is 119 Å². The highest BCUT2D eigenvalue weighted by atomic mass is 16.5. The Balaban J connectivity index is 2.61. The van der Waals surface area contributed by atoms with Crippen LogP contribution in [-0.4, -0.2) is 14.2 Å². The zero-order valence-electron chi connectivity index (χ0n) is 11.9. The van der Waals surface area contributed by atoms with Gasteiger partial charge in [0.25, 0.3) is 0 Å². The van der Waals surface area contributed by atoms with Crippen molar-refractivity contribution in [2.24, 2.45) is 0 Å². The average molecular weight is 270 g/mol. The zero-order valence-corrected chi connectivity index (χ0v) is 11.9. The van der Waals surface area contributed by atoms with E-state index in [9.17, 15) is 5.26 Å². The molecule has 0 bridgehead atoms. The summed E-state index contributed by atoms with van der Waals surface area (Å²) < 4.78 is 10.6. The van der Waals surface area contributed by atoms with Gasteiger partial charge in [0.05, 0.1) is 38.2 Å². The number of nitriles is 2. The SMILES string of the molecule is COc1cc(CC#N)c(C2(C#N)CCCC2)cc1OC. The minimum Gasteiger partial charge on any atom is -0.493 e. The van der Waals surface area contributed by atoms with Gasteiger partial charge < -0.3 is 9.47 Å². The second kappa shape index (κ2) is 5.84. The maximum Gasteiger partial charge on any atom is 0.161 e. The van der Waals surface area contributed by atoms with Crippen molar-refractivity contribution < 1.29 is 9.47 Å². The summed E-state index contributed by atoms with van der Waals surface area (Å²) in [4.78, 5) is 0. The molecule has 0 radical (unpaired) electrons. The van der Waals surface area contributed by atoms with Crippen LogP contribution in [0.5, 0.6) is 11.5 Å². The highest BCUT2D eigenvalue weighted by Crippen LogP contribution is 2.45. The molecule has 4 heteroatoms. The van der Waals surface area contributed by atoms with Crippen molar-refractivity contribution in [2.45, 2.75) is 37.5 Å². The summed E-state index contributed by atoms with van der Waals surface area (Å²) in [5.74, 6) is 1.22. The molecular formula is C16H18N2O2. The van der Waals surface area contributed by atoms with Crippen LogP contribution >= 0.6 is 0 Å². The molecule has 0 aromatic heterocycles. The quantitative estimate of drug-likeness (QED) is 0.843. The normalized spacial score (nSPS) is 16.2. The van der Waals surface area contributed by atoms with E-state index in [0.717, 1.165) is 36.8 Å². The Kier molecular flexibility index (Phi) is 4.15. The first-order valence-corrected chi connectivity index (χ1v) is 6.74. The summed E-state index contributed by atoms with van der Waals surface area (Å²) in [5.41, 5.74) is 1.32. The molecule has 0 spiro atoms. The van der Waals surface area contributed by atoms with Crippen molar-refractivity contribution >= 4 is 0 Å². The second-order valence-corrected chi connectivity index (χ2v) is 5.10. The first-order chi connectivity index (χ1) is 9.70. The second-order valence-electron chi connectivity index (χ2n) is 5.10. The topological polar surface area (TPSA) is 66.0 Å². The van der Waals surface area contributed by atoms with Crippen LogP contribution in [0.15, 0.2) is 12.1 Å². The van der Waals surface area contributed by atoms with Crippen LogP contribution in [0.1, 0.15) is 36.8 Å². The summed E-state index contributed by atoms with van der Waals surface area (Å²) in [6.07, 6.45) is 4.07. The van der Waals surface area contributed by atoms with Gasteiger partial charge in [0.2, 0.25) is 0 Å². The Bertz CT molecular complexity index is 575. The molecule has 1 aliphatic rings. The molecule has 0 unspecified atom stereocenters. The van der Waals surface area contributed by atoms with Gasteiger partial charge in [-0.15, -0.1) is 0 Å². The number of methoxy groups -OCH3 is 2. The molecule has 1 fully saturated rings. The van der Waals surface area contributed by atoms with Gasteiger partial charge in [-0.3, -0.25) is 0 Å². The van der Waals surface area contributed by atoms with Crippen molar-refractivity contribution in [3.05, 3.63) is 23.3 Å². The smallest absolute Gasteiger partial charge is 0.161 e. The molecule has 0 N–H and O–H groups in total. The third-order valence-electron chi connectivity index (χ3n) is 4.07. The van der Waals surface area contributed by atoms with Gasteiger partial charge in [-0.25, -0.2) is 0 Å². The minimum absolute atomic E-state index is 0.277. The third-order valence-corrected chi connectivity index (χ3v) is 4.07. The van der Waals surface area contributed by atoms with Gasteiger partial charge in [0, 0.05) is 0 Å². The van der Waals surface area contributed by atoms with E-state index >= 15 is 0 Å². The Morgan fingerprint density at radius 2 is 1.70 bits per heavy atom. The number of hydrogen-bond acceptors (Lipinski definition) is 4. The Morgan fingerprint density at radius 3 is 2.20 bits per heavy atom. The molecule has 1 aliphatic carbocycles. The molecule has 0 heterocycles. The third kappa shape index (κ3) is 2.30. The van der Waals surface area contributed by atoms with Crippen molar-refractivity contribution in [2.75, 3.05) is 14.2 Å². The highest BCUT2D eigenvalue weighted by Gasteiger charge is 2.38. The van der Waals surface area contributed by atoms with Crippen molar-refractivity contribution in [1.82, 2.24) is 0 Å². The van der Waals surface area contributed by atoms with E-state index in [2.05, 4.69) is 12.1 Å². The van der Waals surface area contributed by atoms with Crippen LogP contribution in [0.2, 0.25) is 0 Å². The fourth-order valence-corrected chi connectivity index (χ4v) is 3.02. The van der Waals surface area contributed by atoms with Crippen molar-refractivity contribution in [1.29, 1.82) is 10.5 Å². The lowest BCUT2D eigenvalue weighted by molar-refractivity contribution is 0.353. The summed E-state index contributed by atoms with van der Waals surface area (Å²) in [5, 5.41) is 18.7. The fraction of sp³-hybridized carbons (Fsp3) is 0.500. The van der Waals surface area contributed by atoms with Gasteiger partial charge in [-0.1, -0.05) is 12.8 Å². The molecule has 4 nitrogen and oxygen atoms in total. The van der Waals surface area contributed by atoms with E-state index in [0.29, 0.717) is 11.5 Å². The summed E-state index contributed by atoms with van der Waals surface area (Å²) in [6.45, 7) is 0. The Hall–Kier alpha value is -2.20. The largest absolute Gasteiger partial charge is 0.493 e.